The number of piperidine rings is 1. The Labute approximate surface area is 93.9 Å². The lowest BCUT2D eigenvalue weighted by molar-refractivity contribution is 0.341. The van der Waals surface area contributed by atoms with Gasteiger partial charge in [0.25, 0.3) is 0 Å². The molecule has 0 spiro atoms. The van der Waals surface area contributed by atoms with Crippen LogP contribution in [-0.2, 0) is 0 Å². The standard InChI is InChI=1S/C12H23NS/c1-2-3-4-6-9-12(14)13-10-7-5-8-11-13/h2-11H2,1H3. The molecule has 0 amide bonds. The highest BCUT2D eigenvalue weighted by atomic mass is 32.1. The summed E-state index contributed by atoms with van der Waals surface area (Å²) in [6.07, 6.45) is 10.6. The van der Waals surface area contributed by atoms with E-state index in [1.54, 1.807) is 0 Å². The molecule has 1 rings (SSSR count). The van der Waals surface area contributed by atoms with E-state index in [0.29, 0.717) is 0 Å². The molecule has 0 atom stereocenters. The Kier molecular flexibility index (Phi) is 6.17. The predicted octanol–water partition coefficient (Wildman–Crippen LogP) is 3.77. The average molecular weight is 213 g/mol. The number of unbranched alkanes of at least 4 members (excludes halogenated alkanes) is 3. The fraction of sp³-hybridized carbons (Fsp3) is 0.917. The van der Waals surface area contributed by atoms with Crippen molar-refractivity contribution in [2.75, 3.05) is 13.1 Å². The van der Waals surface area contributed by atoms with Crippen molar-refractivity contribution in [3.8, 4) is 0 Å². The largest absolute Gasteiger partial charge is 0.366 e. The summed E-state index contributed by atoms with van der Waals surface area (Å²) in [7, 11) is 0. The third-order valence-electron chi connectivity index (χ3n) is 2.95. The van der Waals surface area contributed by atoms with Gasteiger partial charge >= 0.3 is 0 Å². The Balaban J connectivity index is 2.07. The van der Waals surface area contributed by atoms with Gasteiger partial charge in [0, 0.05) is 13.1 Å². The zero-order chi connectivity index (χ0) is 10.2. The fourth-order valence-corrected chi connectivity index (χ4v) is 2.33. The molecular formula is C12H23NS. The van der Waals surface area contributed by atoms with Crippen LogP contribution >= 0.6 is 12.2 Å². The van der Waals surface area contributed by atoms with Crippen molar-refractivity contribution in [3.63, 3.8) is 0 Å². The van der Waals surface area contributed by atoms with E-state index in [9.17, 15) is 0 Å². The Morgan fingerprint density at radius 1 is 1.07 bits per heavy atom. The van der Waals surface area contributed by atoms with Crippen molar-refractivity contribution in [1.29, 1.82) is 0 Å². The number of rotatable bonds is 5. The Morgan fingerprint density at radius 3 is 2.43 bits per heavy atom. The summed E-state index contributed by atoms with van der Waals surface area (Å²) in [4.78, 5) is 3.64. The first-order valence-electron chi connectivity index (χ1n) is 6.12. The maximum Gasteiger partial charge on any atom is 0.0779 e. The van der Waals surface area contributed by atoms with Crippen LogP contribution in [0.3, 0.4) is 0 Å². The van der Waals surface area contributed by atoms with Crippen molar-refractivity contribution >= 4 is 17.2 Å². The quantitative estimate of drug-likeness (QED) is 0.505. The molecule has 1 saturated heterocycles. The third-order valence-corrected chi connectivity index (χ3v) is 3.42. The van der Waals surface area contributed by atoms with Gasteiger partial charge in [0.05, 0.1) is 4.99 Å². The predicted molar refractivity (Wildman–Crippen MR) is 66.8 cm³/mol. The van der Waals surface area contributed by atoms with E-state index in [2.05, 4.69) is 11.8 Å². The zero-order valence-corrected chi connectivity index (χ0v) is 10.2. The molecule has 1 aliphatic rings. The lowest BCUT2D eigenvalue weighted by atomic mass is 10.1. The van der Waals surface area contributed by atoms with Crippen LogP contribution in [0, 0.1) is 0 Å². The van der Waals surface area contributed by atoms with E-state index < -0.39 is 0 Å². The molecule has 0 aromatic carbocycles. The SMILES string of the molecule is CCCCCCC(=S)N1CCCCC1. The molecule has 1 heterocycles. The highest BCUT2D eigenvalue weighted by Crippen LogP contribution is 2.13. The Morgan fingerprint density at radius 2 is 1.79 bits per heavy atom. The van der Waals surface area contributed by atoms with Crippen molar-refractivity contribution in [3.05, 3.63) is 0 Å². The van der Waals surface area contributed by atoms with Gasteiger partial charge in [-0.2, -0.15) is 0 Å². The van der Waals surface area contributed by atoms with Crippen LogP contribution in [-0.4, -0.2) is 23.0 Å². The molecule has 0 N–H and O–H groups in total. The molecule has 0 aromatic heterocycles. The van der Waals surface area contributed by atoms with E-state index >= 15 is 0 Å². The average Bonchev–Trinajstić information content (AvgIpc) is 2.25. The van der Waals surface area contributed by atoms with E-state index in [1.807, 2.05) is 0 Å². The van der Waals surface area contributed by atoms with Crippen molar-refractivity contribution < 1.29 is 0 Å². The minimum Gasteiger partial charge on any atom is -0.366 e. The van der Waals surface area contributed by atoms with Crippen LogP contribution in [0.1, 0.15) is 58.3 Å². The molecular weight excluding hydrogens is 190 g/mol. The lowest BCUT2D eigenvalue weighted by Crippen LogP contribution is -2.34. The van der Waals surface area contributed by atoms with Gasteiger partial charge in [0.2, 0.25) is 0 Å². The van der Waals surface area contributed by atoms with Crippen LogP contribution in [0.15, 0.2) is 0 Å². The number of nitrogens with zero attached hydrogens (tertiary/aromatic N) is 1. The number of likely N-dealkylation sites (tertiary alicyclic amines) is 1. The normalized spacial score (nSPS) is 17.1. The Bertz CT molecular complexity index is 162. The van der Waals surface area contributed by atoms with Crippen molar-refractivity contribution in [2.24, 2.45) is 0 Å². The monoisotopic (exact) mass is 213 g/mol. The zero-order valence-electron chi connectivity index (χ0n) is 9.43. The van der Waals surface area contributed by atoms with E-state index in [1.165, 1.54) is 63.0 Å². The van der Waals surface area contributed by atoms with Gasteiger partial charge in [0.1, 0.15) is 0 Å². The smallest absolute Gasteiger partial charge is 0.0779 e. The second kappa shape index (κ2) is 7.22. The Hall–Kier alpha value is -0.110. The minimum absolute atomic E-state index is 1.15. The van der Waals surface area contributed by atoms with Gasteiger partial charge in [-0.05, 0) is 32.1 Å². The van der Waals surface area contributed by atoms with Crippen LogP contribution < -0.4 is 0 Å². The van der Waals surface area contributed by atoms with Gasteiger partial charge in [-0.3, -0.25) is 0 Å². The molecule has 1 aliphatic heterocycles. The summed E-state index contributed by atoms with van der Waals surface area (Å²) in [6.45, 7) is 4.68. The van der Waals surface area contributed by atoms with Crippen LogP contribution in [0.2, 0.25) is 0 Å². The topological polar surface area (TPSA) is 3.24 Å². The summed E-state index contributed by atoms with van der Waals surface area (Å²) in [6, 6.07) is 0. The summed E-state index contributed by atoms with van der Waals surface area (Å²) in [5, 5.41) is 0. The number of hydrogen-bond donors (Lipinski definition) is 0. The van der Waals surface area contributed by atoms with E-state index in [0.717, 1.165) is 6.42 Å². The summed E-state index contributed by atoms with van der Waals surface area (Å²) < 4.78 is 0. The minimum atomic E-state index is 1.15. The first kappa shape index (κ1) is 12.0. The van der Waals surface area contributed by atoms with Crippen LogP contribution in [0.25, 0.3) is 0 Å². The molecule has 1 fully saturated rings. The molecule has 82 valence electrons. The molecule has 0 saturated carbocycles. The third kappa shape index (κ3) is 4.41. The highest BCUT2D eigenvalue weighted by Gasteiger charge is 2.12. The lowest BCUT2D eigenvalue weighted by Gasteiger charge is -2.29. The van der Waals surface area contributed by atoms with Gasteiger partial charge in [0.15, 0.2) is 0 Å². The van der Waals surface area contributed by atoms with Gasteiger partial charge in [-0.15, -0.1) is 0 Å². The van der Waals surface area contributed by atoms with Crippen LogP contribution in [0.4, 0.5) is 0 Å². The second-order valence-electron chi connectivity index (χ2n) is 4.25. The van der Waals surface area contributed by atoms with Gasteiger partial charge in [-0.1, -0.05) is 38.4 Å². The maximum atomic E-state index is 5.45. The molecule has 0 bridgehead atoms. The molecule has 0 radical (unpaired) electrons. The van der Waals surface area contributed by atoms with Crippen molar-refractivity contribution in [2.45, 2.75) is 58.3 Å². The second-order valence-corrected chi connectivity index (χ2v) is 4.72. The highest BCUT2D eigenvalue weighted by molar-refractivity contribution is 7.80. The molecule has 0 unspecified atom stereocenters. The van der Waals surface area contributed by atoms with Gasteiger partial charge in [-0.25, -0.2) is 0 Å². The maximum absolute atomic E-state index is 5.45. The van der Waals surface area contributed by atoms with Gasteiger partial charge < -0.3 is 4.90 Å². The summed E-state index contributed by atoms with van der Waals surface area (Å²) >= 11 is 5.45. The summed E-state index contributed by atoms with van der Waals surface area (Å²) in [5.74, 6) is 0. The fourth-order valence-electron chi connectivity index (χ4n) is 2.00. The first-order chi connectivity index (χ1) is 6.84. The van der Waals surface area contributed by atoms with Crippen molar-refractivity contribution in [1.82, 2.24) is 4.90 Å². The summed E-state index contributed by atoms with van der Waals surface area (Å²) in [5.41, 5.74) is 0. The molecule has 14 heavy (non-hydrogen) atoms. The van der Waals surface area contributed by atoms with E-state index in [4.69, 9.17) is 12.2 Å². The molecule has 0 aliphatic carbocycles. The van der Waals surface area contributed by atoms with Crippen LogP contribution in [0.5, 0.6) is 0 Å². The molecule has 1 nitrogen and oxygen atoms in total. The first-order valence-corrected chi connectivity index (χ1v) is 6.53. The number of thiocarbonyl (C=S) groups is 1. The molecule has 2 heteroatoms. The molecule has 0 aromatic rings. The van der Waals surface area contributed by atoms with E-state index in [-0.39, 0.29) is 0 Å². The number of hydrogen-bond acceptors (Lipinski definition) is 1.